The summed E-state index contributed by atoms with van der Waals surface area (Å²) in [6.07, 6.45) is 1.95. The van der Waals surface area contributed by atoms with E-state index in [4.69, 9.17) is 4.74 Å². The van der Waals surface area contributed by atoms with Gasteiger partial charge in [0.1, 0.15) is 0 Å². The third kappa shape index (κ3) is 3.95. The summed E-state index contributed by atoms with van der Waals surface area (Å²) in [7, 11) is 0. The number of rotatable bonds is 5. The molecular weight excluding hydrogens is 178 g/mol. The summed E-state index contributed by atoms with van der Waals surface area (Å²) in [5, 5.41) is 9.55. The standard InChI is InChI=1S/C11H23NO2/c1-3-14-8-4-6-12-7-5-11(13)10(2)9-12/h10-11,13H,3-9H2,1-2H3. The van der Waals surface area contributed by atoms with Gasteiger partial charge in [0.15, 0.2) is 0 Å². The number of aliphatic hydroxyl groups excluding tert-OH is 1. The lowest BCUT2D eigenvalue weighted by atomic mass is 9.97. The molecule has 1 aliphatic rings. The Hall–Kier alpha value is -0.120. The molecule has 84 valence electrons. The Balaban J connectivity index is 2.07. The minimum atomic E-state index is -0.0851. The zero-order valence-corrected chi connectivity index (χ0v) is 9.41. The first-order chi connectivity index (χ1) is 6.74. The van der Waals surface area contributed by atoms with E-state index in [-0.39, 0.29) is 6.10 Å². The first-order valence-electron chi connectivity index (χ1n) is 5.72. The summed E-state index contributed by atoms with van der Waals surface area (Å²) in [5.41, 5.74) is 0. The van der Waals surface area contributed by atoms with Gasteiger partial charge in [0, 0.05) is 32.8 Å². The molecule has 2 unspecified atom stereocenters. The maximum absolute atomic E-state index is 9.55. The molecule has 0 amide bonds. The van der Waals surface area contributed by atoms with E-state index in [0.29, 0.717) is 5.92 Å². The van der Waals surface area contributed by atoms with E-state index in [1.54, 1.807) is 0 Å². The predicted octanol–water partition coefficient (Wildman–Crippen LogP) is 1.12. The highest BCUT2D eigenvalue weighted by atomic mass is 16.5. The highest BCUT2D eigenvalue weighted by Crippen LogP contribution is 2.16. The summed E-state index contributed by atoms with van der Waals surface area (Å²) in [5.74, 6) is 0.427. The van der Waals surface area contributed by atoms with Crippen LogP contribution in [0.25, 0.3) is 0 Å². The molecule has 1 saturated heterocycles. The zero-order chi connectivity index (χ0) is 10.4. The maximum Gasteiger partial charge on any atom is 0.0590 e. The quantitative estimate of drug-likeness (QED) is 0.676. The monoisotopic (exact) mass is 201 g/mol. The second-order valence-corrected chi connectivity index (χ2v) is 4.18. The molecule has 0 aliphatic carbocycles. The van der Waals surface area contributed by atoms with Crippen LogP contribution in [0.2, 0.25) is 0 Å². The second-order valence-electron chi connectivity index (χ2n) is 4.18. The Bertz CT molecular complexity index is 152. The van der Waals surface area contributed by atoms with E-state index in [0.717, 1.165) is 45.7 Å². The van der Waals surface area contributed by atoms with Crippen LogP contribution in [0.1, 0.15) is 26.7 Å². The first kappa shape index (κ1) is 12.0. The smallest absolute Gasteiger partial charge is 0.0590 e. The SMILES string of the molecule is CCOCCCN1CCC(O)C(C)C1. The van der Waals surface area contributed by atoms with Crippen molar-refractivity contribution in [1.29, 1.82) is 0 Å². The molecule has 3 heteroatoms. The summed E-state index contributed by atoms with van der Waals surface area (Å²) in [6.45, 7) is 9.01. The lowest BCUT2D eigenvalue weighted by molar-refractivity contribution is 0.0308. The molecular formula is C11H23NO2. The third-order valence-electron chi connectivity index (χ3n) is 2.91. The second kappa shape index (κ2) is 6.38. The molecule has 1 N–H and O–H groups in total. The van der Waals surface area contributed by atoms with E-state index in [1.165, 1.54) is 0 Å². The first-order valence-corrected chi connectivity index (χ1v) is 5.72. The normalized spacial score (nSPS) is 29.4. The molecule has 0 aromatic rings. The molecule has 0 aromatic carbocycles. The topological polar surface area (TPSA) is 32.7 Å². The van der Waals surface area contributed by atoms with Gasteiger partial charge in [0.2, 0.25) is 0 Å². The molecule has 3 nitrogen and oxygen atoms in total. The lowest BCUT2D eigenvalue weighted by Crippen LogP contribution is -2.42. The lowest BCUT2D eigenvalue weighted by Gasteiger charge is -2.34. The van der Waals surface area contributed by atoms with Crippen LogP contribution in [0.5, 0.6) is 0 Å². The minimum absolute atomic E-state index is 0.0851. The molecule has 0 aromatic heterocycles. The summed E-state index contributed by atoms with van der Waals surface area (Å²) < 4.78 is 5.30. The number of hydrogen-bond donors (Lipinski definition) is 1. The number of nitrogens with zero attached hydrogens (tertiary/aromatic N) is 1. The molecule has 1 heterocycles. The number of aliphatic hydroxyl groups is 1. The van der Waals surface area contributed by atoms with Gasteiger partial charge in [-0.15, -0.1) is 0 Å². The van der Waals surface area contributed by atoms with Crippen molar-refractivity contribution < 1.29 is 9.84 Å². The number of ether oxygens (including phenoxy) is 1. The van der Waals surface area contributed by atoms with Gasteiger partial charge < -0.3 is 14.7 Å². The van der Waals surface area contributed by atoms with Gasteiger partial charge in [-0.2, -0.15) is 0 Å². The molecule has 0 saturated carbocycles. The van der Waals surface area contributed by atoms with Crippen LogP contribution in [-0.2, 0) is 4.74 Å². The van der Waals surface area contributed by atoms with E-state index in [2.05, 4.69) is 11.8 Å². The van der Waals surface area contributed by atoms with Crippen LogP contribution in [-0.4, -0.2) is 49.0 Å². The fraction of sp³-hybridized carbons (Fsp3) is 1.00. The zero-order valence-electron chi connectivity index (χ0n) is 9.41. The Kier molecular flexibility index (Phi) is 5.45. The van der Waals surface area contributed by atoms with E-state index in [1.807, 2.05) is 6.92 Å². The highest BCUT2D eigenvalue weighted by Gasteiger charge is 2.23. The molecule has 2 atom stereocenters. The number of piperidine rings is 1. The van der Waals surface area contributed by atoms with Crippen LogP contribution in [0, 0.1) is 5.92 Å². The van der Waals surface area contributed by atoms with Crippen LogP contribution in [0.4, 0.5) is 0 Å². The van der Waals surface area contributed by atoms with Gasteiger partial charge in [-0.05, 0) is 25.7 Å². The molecule has 14 heavy (non-hydrogen) atoms. The average molecular weight is 201 g/mol. The Morgan fingerprint density at radius 1 is 1.50 bits per heavy atom. The Morgan fingerprint density at radius 2 is 2.29 bits per heavy atom. The number of likely N-dealkylation sites (tertiary alicyclic amines) is 1. The van der Waals surface area contributed by atoms with Crippen LogP contribution >= 0.6 is 0 Å². The van der Waals surface area contributed by atoms with Gasteiger partial charge >= 0.3 is 0 Å². The van der Waals surface area contributed by atoms with E-state index >= 15 is 0 Å². The van der Waals surface area contributed by atoms with Crippen molar-refractivity contribution in [3.8, 4) is 0 Å². The van der Waals surface area contributed by atoms with Crippen molar-refractivity contribution in [3.63, 3.8) is 0 Å². The van der Waals surface area contributed by atoms with Gasteiger partial charge in [0.25, 0.3) is 0 Å². The van der Waals surface area contributed by atoms with Crippen molar-refractivity contribution in [1.82, 2.24) is 4.90 Å². The fourth-order valence-electron chi connectivity index (χ4n) is 1.96. The largest absolute Gasteiger partial charge is 0.393 e. The summed E-state index contributed by atoms with van der Waals surface area (Å²) >= 11 is 0. The predicted molar refractivity (Wildman–Crippen MR) is 57.3 cm³/mol. The van der Waals surface area contributed by atoms with Gasteiger partial charge in [0.05, 0.1) is 6.10 Å². The Labute approximate surface area is 87.1 Å². The number of hydrogen-bond acceptors (Lipinski definition) is 3. The highest BCUT2D eigenvalue weighted by molar-refractivity contribution is 4.76. The Morgan fingerprint density at radius 3 is 2.93 bits per heavy atom. The van der Waals surface area contributed by atoms with Crippen molar-refractivity contribution >= 4 is 0 Å². The van der Waals surface area contributed by atoms with E-state index < -0.39 is 0 Å². The maximum atomic E-state index is 9.55. The summed E-state index contributed by atoms with van der Waals surface area (Å²) in [4.78, 5) is 2.43. The molecule has 0 bridgehead atoms. The van der Waals surface area contributed by atoms with Gasteiger partial charge in [-0.25, -0.2) is 0 Å². The molecule has 1 rings (SSSR count). The molecule has 1 fully saturated rings. The third-order valence-corrected chi connectivity index (χ3v) is 2.91. The van der Waals surface area contributed by atoms with Crippen molar-refractivity contribution in [2.45, 2.75) is 32.8 Å². The van der Waals surface area contributed by atoms with Crippen LogP contribution in [0.3, 0.4) is 0 Å². The van der Waals surface area contributed by atoms with Gasteiger partial charge in [-0.1, -0.05) is 6.92 Å². The summed E-state index contributed by atoms with van der Waals surface area (Å²) in [6, 6.07) is 0. The fourth-order valence-corrected chi connectivity index (χ4v) is 1.96. The molecule has 0 spiro atoms. The van der Waals surface area contributed by atoms with Crippen molar-refractivity contribution in [2.24, 2.45) is 5.92 Å². The van der Waals surface area contributed by atoms with Crippen molar-refractivity contribution in [2.75, 3.05) is 32.8 Å². The van der Waals surface area contributed by atoms with Gasteiger partial charge in [-0.3, -0.25) is 0 Å². The van der Waals surface area contributed by atoms with Crippen molar-refractivity contribution in [3.05, 3.63) is 0 Å². The van der Waals surface area contributed by atoms with E-state index in [9.17, 15) is 5.11 Å². The van der Waals surface area contributed by atoms with Crippen LogP contribution in [0.15, 0.2) is 0 Å². The molecule has 1 aliphatic heterocycles. The average Bonchev–Trinajstić information content (AvgIpc) is 2.18. The molecule has 0 radical (unpaired) electrons. The minimum Gasteiger partial charge on any atom is -0.393 e. The van der Waals surface area contributed by atoms with Crippen LogP contribution < -0.4 is 0 Å².